The van der Waals surface area contributed by atoms with E-state index in [9.17, 15) is 32.0 Å². The van der Waals surface area contributed by atoms with Crippen molar-refractivity contribution in [3.05, 3.63) is 41.2 Å². The van der Waals surface area contributed by atoms with Gasteiger partial charge in [-0.25, -0.2) is 22.3 Å². The highest BCUT2D eigenvalue weighted by Gasteiger charge is 2.61. The molecule has 2 aliphatic heterocycles. The standard InChI is InChI=1S/C29H38ClFN4O7S/c1-28(2,3)42-27(39)32-20-13-8-6-4-5-7-11-18-17-29(18,33-24(36)21-14-10-16-35(21)25(20)37)26(38)34-43(40,41)22-15-9-12-19(30)23(22)31/h7,9,11-12,15,18,20-21H,4-6,8,10,13-14,16-17H2,1-3H3,(H,32,39)(H,33,36)(H,34,38)/t18-,20?,21+,29-/m1/s1. The van der Waals surface area contributed by atoms with Crippen LogP contribution in [0.5, 0.6) is 0 Å². The molecule has 236 valence electrons. The molecule has 0 spiro atoms. The van der Waals surface area contributed by atoms with E-state index < -0.39 is 78.7 Å². The highest BCUT2D eigenvalue weighted by Crippen LogP contribution is 2.46. The van der Waals surface area contributed by atoms with Gasteiger partial charge in [-0.2, -0.15) is 0 Å². The summed E-state index contributed by atoms with van der Waals surface area (Å²) >= 11 is 5.75. The summed E-state index contributed by atoms with van der Waals surface area (Å²) in [6.45, 7) is 5.42. The number of hydrogen-bond acceptors (Lipinski definition) is 7. The zero-order chi connectivity index (χ0) is 31.6. The lowest BCUT2D eigenvalue weighted by Gasteiger charge is -2.30. The minimum atomic E-state index is -4.67. The number of halogens is 2. The molecule has 1 aromatic rings. The van der Waals surface area contributed by atoms with Crippen molar-refractivity contribution in [3.8, 4) is 0 Å². The second kappa shape index (κ2) is 12.8. The zero-order valence-corrected chi connectivity index (χ0v) is 26.0. The number of nitrogens with one attached hydrogen (secondary N) is 3. The number of fused-ring (bicyclic) bond motifs is 2. The highest BCUT2D eigenvalue weighted by atomic mass is 35.5. The normalized spacial score (nSPS) is 26.7. The first-order chi connectivity index (χ1) is 20.1. The Kier molecular flexibility index (Phi) is 9.75. The van der Waals surface area contributed by atoms with Crippen molar-refractivity contribution in [1.29, 1.82) is 0 Å². The summed E-state index contributed by atoms with van der Waals surface area (Å²) in [6, 6.07) is 1.57. The van der Waals surface area contributed by atoms with E-state index in [-0.39, 0.29) is 13.0 Å². The number of ether oxygens (including phenoxy) is 1. The number of sulfonamides is 1. The molecule has 4 rings (SSSR count). The van der Waals surface area contributed by atoms with Crippen LogP contribution in [-0.4, -0.2) is 66.9 Å². The Morgan fingerprint density at radius 2 is 1.88 bits per heavy atom. The Labute approximate surface area is 256 Å². The molecule has 4 atom stereocenters. The molecule has 0 bridgehead atoms. The van der Waals surface area contributed by atoms with Gasteiger partial charge in [0, 0.05) is 12.5 Å². The van der Waals surface area contributed by atoms with Gasteiger partial charge >= 0.3 is 6.09 Å². The van der Waals surface area contributed by atoms with Crippen molar-refractivity contribution in [2.45, 2.75) is 100 Å². The smallest absolute Gasteiger partial charge is 0.408 e. The van der Waals surface area contributed by atoms with Crippen LogP contribution in [-0.2, 0) is 29.1 Å². The summed E-state index contributed by atoms with van der Waals surface area (Å²) in [5, 5.41) is 4.97. The molecule has 0 radical (unpaired) electrons. The van der Waals surface area contributed by atoms with E-state index in [0.29, 0.717) is 32.1 Å². The predicted octanol–water partition coefficient (Wildman–Crippen LogP) is 3.56. The monoisotopic (exact) mass is 640 g/mol. The van der Waals surface area contributed by atoms with E-state index in [1.54, 1.807) is 26.8 Å². The maximum Gasteiger partial charge on any atom is 0.408 e. The molecular formula is C29H38ClFN4O7S. The van der Waals surface area contributed by atoms with Crippen LogP contribution in [0.25, 0.3) is 0 Å². The van der Waals surface area contributed by atoms with E-state index in [2.05, 4.69) is 10.6 Å². The van der Waals surface area contributed by atoms with Crippen LogP contribution >= 0.6 is 11.6 Å². The van der Waals surface area contributed by atoms with Crippen LogP contribution < -0.4 is 15.4 Å². The summed E-state index contributed by atoms with van der Waals surface area (Å²) in [6.07, 6.45) is 7.09. The molecule has 1 saturated heterocycles. The average Bonchev–Trinajstić information content (AvgIpc) is 3.36. The van der Waals surface area contributed by atoms with Gasteiger partial charge < -0.3 is 20.3 Å². The molecule has 0 aromatic heterocycles. The van der Waals surface area contributed by atoms with Gasteiger partial charge in [0.1, 0.15) is 28.1 Å². The Morgan fingerprint density at radius 1 is 1.14 bits per heavy atom. The lowest BCUT2D eigenvalue weighted by Crippen LogP contribution is -2.58. The number of carbonyl (C=O) groups is 4. The third-order valence-electron chi connectivity index (χ3n) is 7.76. The van der Waals surface area contributed by atoms with Crippen molar-refractivity contribution in [2.24, 2.45) is 5.92 Å². The third kappa shape index (κ3) is 7.67. The lowest BCUT2D eigenvalue weighted by atomic mass is 10.0. The SMILES string of the molecule is CC(C)(C)OC(=O)NC1CCCCCC=C[C@@H]2C[C@@]2(C(=O)NS(=O)(=O)c2cccc(Cl)c2F)NC(=O)[C@@H]2CCCN2C1=O. The molecule has 2 fully saturated rings. The first-order valence-electron chi connectivity index (χ1n) is 14.4. The third-order valence-corrected chi connectivity index (χ3v) is 9.40. The highest BCUT2D eigenvalue weighted by molar-refractivity contribution is 7.90. The van der Waals surface area contributed by atoms with Gasteiger partial charge in [0.15, 0.2) is 5.82 Å². The van der Waals surface area contributed by atoms with Gasteiger partial charge in [-0.3, -0.25) is 14.4 Å². The molecule has 1 aromatic carbocycles. The van der Waals surface area contributed by atoms with Crippen molar-refractivity contribution in [1.82, 2.24) is 20.3 Å². The molecule has 4 amide bonds. The maximum absolute atomic E-state index is 14.5. The molecule has 1 unspecified atom stereocenters. The van der Waals surface area contributed by atoms with Crippen LogP contribution in [0, 0.1) is 11.7 Å². The van der Waals surface area contributed by atoms with Crippen LogP contribution in [0.1, 0.15) is 72.1 Å². The van der Waals surface area contributed by atoms with Gasteiger partial charge in [-0.1, -0.05) is 42.7 Å². The molecule has 3 N–H and O–H groups in total. The summed E-state index contributed by atoms with van der Waals surface area (Å²) < 4.78 is 47.8. The largest absolute Gasteiger partial charge is 0.444 e. The van der Waals surface area contributed by atoms with Crippen molar-refractivity contribution < 1.29 is 36.7 Å². The van der Waals surface area contributed by atoms with Crippen molar-refractivity contribution >= 4 is 45.4 Å². The molecule has 3 aliphatic rings. The number of hydrogen-bond donors (Lipinski definition) is 3. The van der Waals surface area contributed by atoms with Crippen molar-refractivity contribution in [2.75, 3.05) is 6.54 Å². The fourth-order valence-corrected chi connectivity index (χ4v) is 6.87. The molecule has 1 aliphatic carbocycles. The minimum absolute atomic E-state index is 0.123. The second-order valence-corrected chi connectivity index (χ2v) is 14.3. The minimum Gasteiger partial charge on any atom is -0.444 e. The molecule has 14 heteroatoms. The first-order valence-corrected chi connectivity index (χ1v) is 16.3. The predicted molar refractivity (Wildman–Crippen MR) is 156 cm³/mol. The Balaban J connectivity index is 1.58. The number of nitrogens with zero attached hydrogens (tertiary/aromatic N) is 1. The fourth-order valence-electron chi connectivity index (χ4n) is 5.50. The summed E-state index contributed by atoms with van der Waals surface area (Å²) in [4.78, 5) is 54.0. The lowest BCUT2D eigenvalue weighted by molar-refractivity contribution is -0.141. The Morgan fingerprint density at radius 3 is 2.60 bits per heavy atom. The molecule has 11 nitrogen and oxygen atoms in total. The van der Waals surface area contributed by atoms with Gasteiger partial charge in [0.25, 0.3) is 15.9 Å². The van der Waals surface area contributed by atoms with Crippen LogP contribution in [0.2, 0.25) is 5.02 Å². The molecule has 1 saturated carbocycles. The number of benzene rings is 1. The van der Waals surface area contributed by atoms with Gasteiger partial charge in [-0.05, 0) is 71.4 Å². The van der Waals surface area contributed by atoms with E-state index in [1.165, 1.54) is 17.0 Å². The van der Waals surface area contributed by atoms with Crippen LogP contribution in [0.3, 0.4) is 0 Å². The van der Waals surface area contributed by atoms with Gasteiger partial charge in [0.05, 0.1) is 5.02 Å². The van der Waals surface area contributed by atoms with Crippen LogP contribution in [0.4, 0.5) is 9.18 Å². The van der Waals surface area contributed by atoms with Crippen LogP contribution in [0.15, 0.2) is 35.2 Å². The zero-order valence-electron chi connectivity index (χ0n) is 24.5. The first kappa shape index (κ1) is 32.7. The quantitative estimate of drug-likeness (QED) is 0.426. The summed E-state index contributed by atoms with van der Waals surface area (Å²) in [5.41, 5.74) is -2.38. The number of rotatable bonds is 4. The second-order valence-electron chi connectivity index (χ2n) is 12.2. The van der Waals surface area contributed by atoms with Gasteiger partial charge in [0.2, 0.25) is 11.8 Å². The fraction of sp³-hybridized carbons (Fsp3) is 0.586. The molecule has 43 heavy (non-hydrogen) atoms. The van der Waals surface area contributed by atoms with E-state index in [0.717, 1.165) is 18.9 Å². The number of carbonyl (C=O) groups excluding carboxylic acids is 4. The number of allylic oxidation sites excluding steroid dienone is 1. The molecule has 2 heterocycles. The average molecular weight is 641 g/mol. The number of alkyl carbamates (subject to hydrolysis) is 1. The summed E-state index contributed by atoms with van der Waals surface area (Å²) in [7, 11) is -4.67. The summed E-state index contributed by atoms with van der Waals surface area (Å²) in [5.74, 6) is -3.77. The maximum atomic E-state index is 14.5. The topological polar surface area (TPSA) is 151 Å². The van der Waals surface area contributed by atoms with Crippen molar-refractivity contribution in [3.63, 3.8) is 0 Å². The Bertz CT molecular complexity index is 1410. The van der Waals surface area contributed by atoms with E-state index in [1.807, 2.05) is 10.8 Å². The Hall–Kier alpha value is -3.19. The van der Waals surface area contributed by atoms with E-state index >= 15 is 0 Å². The molecular weight excluding hydrogens is 603 g/mol. The van der Waals surface area contributed by atoms with E-state index in [4.69, 9.17) is 16.3 Å². The van der Waals surface area contributed by atoms with Gasteiger partial charge in [-0.15, -0.1) is 0 Å². The number of amides is 4.